The van der Waals surface area contributed by atoms with Gasteiger partial charge in [-0.2, -0.15) is 0 Å². The normalized spacial score (nSPS) is 28.4. The molecule has 0 aromatic heterocycles. The van der Waals surface area contributed by atoms with Crippen molar-refractivity contribution in [3.05, 3.63) is 0 Å². The summed E-state index contributed by atoms with van der Waals surface area (Å²) in [5.41, 5.74) is 0. The van der Waals surface area contributed by atoms with Crippen LogP contribution in [0.3, 0.4) is 0 Å². The lowest BCUT2D eigenvalue weighted by Gasteiger charge is -2.35. The third kappa shape index (κ3) is 3.07. The van der Waals surface area contributed by atoms with Gasteiger partial charge in [-0.05, 0) is 57.4 Å². The third-order valence-corrected chi connectivity index (χ3v) is 5.19. The Hall–Kier alpha value is -1.10. The topological polar surface area (TPSA) is 52.7 Å². The van der Waals surface area contributed by atoms with Gasteiger partial charge >= 0.3 is 0 Å². The zero-order valence-electron chi connectivity index (χ0n) is 13.0. The van der Waals surface area contributed by atoms with Crippen LogP contribution in [-0.2, 0) is 9.59 Å². The molecule has 2 saturated heterocycles. The number of nitrogens with one attached hydrogen (secondary N) is 1. The fraction of sp³-hybridized carbons (Fsp3) is 0.875. The maximum Gasteiger partial charge on any atom is 0.239 e. The molecule has 3 rings (SSSR count). The first-order valence-electron chi connectivity index (χ1n) is 8.48. The zero-order chi connectivity index (χ0) is 14.8. The van der Waals surface area contributed by atoms with Crippen molar-refractivity contribution < 1.29 is 9.59 Å². The first-order valence-corrected chi connectivity index (χ1v) is 8.48. The van der Waals surface area contributed by atoms with Gasteiger partial charge in [0.2, 0.25) is 11.8 Å². The molecule has 0 bridgehead atoms. The van der Waals surface area contributed by atoms with Crippen molar-refractivity contribution >= 4 is 11.8 Å². The summed E-state index contributed by atoms with van der Waals surface area (Å²) in [4.78, 5) is 29.3. The van der Waals surface area contributed by atoms with Crippen LogP contribution < -0.4 is 5.32 Å². The Labute approximate surface area is 127 Å². The molecule has 0 spiro atoms. The maximum atomic E-state index is 12.8. The average molecular weight is 293 g/mol. The zero-order valence-corrected chi connectivity index (χ0v) is 13.0. The smallest absolute Gasteiger partial charge is 0.239 e. The van der Waals surface area contributed by atoms with E-state index in [9.17, 15) is 9.59 Å². The fourth-order valence-electron chi connectivity index (χ4n) is 3.91. The van der Waals surface area contributed by atoms with Crippen molar-refractivity contribution in [2.45, 2.75) is 57.0 Å². The molecule has 2 aliphatic heterocycles. The van der Waals surface area contributed by atoms with Gasteiger partial charge < -0.3 is 10.2 Å². The van der Waals surface area contributed by atoms with Crippen LogP contribution in [-0.4, -0.2) is 60.4 Å². The summed E-state index contributed by atoms with van der Waals surface area (Å²) in [5.74, 6) is 0.817. The van der Waals surface area contributed by atoms with Gasteiger partial charge in [0.1, 0.15) is 0 Å². The fourth-order valence-corrected chi connectivity index (χ4v) is 3.91. The molecule has 2 atom stereocenters. The minimum Gasteiger partial charge on any atom is -0.358 e. The van der Waals surface area contributed by atoms with Crippen molar-refractivity contribution in [2.75, 3.05) is 26.7 Å². The van der Waals surface area contributed by atoms with Crippen LogP contribution in [0.15, 0.2) is 0 Å². The summed E-state index contributed by atoms with van der Waals surface area (Å²) in [6.07, 6.45) is 7.68. The van der Waals surface area contributed by atoms with Crippen molar-refractivity contribution in [2.24, 2.45) is 5.92 Å². The molecule has 5 heteroatoms. The lowest BCUT2D eigenvalue weighted by Crippen LogP contribution is -2.55. The first-order chi connectivity index (χ1) is 10.2. The van der Waals surface area contributed by atoms with Crippen LogP contribution >= 0.6 is 0 Å². The summed E-state index contributed by atoms with van der Waals surface area (Å²) in [7, 11) is 1.70. The number of rotatable bonds is 4. The van der Waals surface area contributed by atoms with Crippen LogP contribution in [0.25, 0.3) is 0 Å². The second kappa shape index (κ2) is 6.34. The molecular weight excluding hydrogens is 266 g/mol. The molecule has 0 aromatic rings. The monoisotopic (exact) mass is 293 g/mol. The molecule has 2 heterocycles. The SMILES string of the molecule is CNC(=O)C(C1CC1)N1CCCC1C(=O)N1CCCCC1. The van der Waals surface area contributed by atoms with Gasteiger partial charge in [0.05, 0.1) is 12.1 Å². The van der Waals surface area contributed by atoms with Crippen LogP contribution in [0.1, 0.15) is 44.9 Å². The lowest BCUT2D eigenvalue weighted by molar-refractivity contribution is -0.139. The van der Waals surface area contributed by atoms with Crippen molar-refractivity contribution in [1.29, 1.82) is 0 Å². The minimum absolute atomic E-state index is 0.0639. The highest BCUT2D eigenvalue weighted by Crippen LogP contribution is 2.38. The Morgan fingerprint density at radius 1 is 1.00 bits per heavy atom. The number of piperidine rings is 1. The number of carbonyl (C=O) groups is 2. The van der Waals surface area contributed by atoms with E-state index in [-0.39, 0.29) is 23.9 Å². The Morgan fingerprint density at radius 2 is 1.71 bits per heavy atom. The standard InChI is InChI=1S/C16H27N3O2/c1-17-15(20)14(12-7-8-12)19-11-5-6-13(19)16(21)18-9-3-2-4-10-18/h12-14H,2-11H2,1H3,(H,17,20). The molecule has 2 amide bonds. The largest absolute Gasteiger partial charge is 0.358 e. The Bertz CT molecular complexity index is 402. The Balaban J connectivity index is 1.71. The highest BCUT2D eigenvalue weighted by Gasteiger charge is 2.46. The molecule has 0 aromatic carbocycles. The molecule has 21 heavy (non-hydrogen) atoms. The maximum absolute atomic E-state index is 12.8. The molecule has 0 radical (unpaired) electrons. The van der Waals surface area contributed by atoms with Crippen molar-refractivity contribution in [1.82, 2.24) is 15.1 Å². The molecular formula is C16H27N3O2. The number of amides is 2. The number of nitrogens with zero attached hydrogens (tertiary/aromatic N) is 2. The first kappa shape index (κ1) is 14.8. The summed E-state index contributed by atoms with van der Waals surface area (Å²) in [5, 5.41) is 2.80. The van der Waals surface area contributed by atoms with E-state index in [1.165, 1.54) is 6.42 Å². The van der Waals surface area contributed by atoms with E-state index in [1.54, 1.807) is 7.05 Å². The predicted octanol–water partition coefficient (Wildman–Crippen LogP) is 0.988. The summed E-state index contributed by atoms with van der Waals surface area (Å²) in [6.45, 7) is 2.69. The average Bonchev–Trinajstić information content (AvgIpc) is 3.24. The molecule has 1 aliphatic carbocycles. The van der Waals surface area contributed by atoms with Gasteiger partial charge in [0, 0.05) is 20.1 Å². The van der Waals surface area contributed by atoms with Crippen LogP contribution in [0.5, 0.6) is 0 Å². The predicted molar refractivity (Wildman–Crippen MR) is 80.7 cm³/mol. The van der Waals surface area contributed by atoms with Gasteiger partial charge in [0.15, 0.2) is 0 Å². The molecule has 118 valence electrons. The summed E-state index contributed by atoms with van der Waals surface area (Å²) in [6, 6.07) is -0.151. The van der Waals surface area contributed by atoms with Crippen molar-refractivity contribution in [3.63, 3.8) is 0 Å². The van der Waals surface area contributed by atoms with E-state index in [0.717, 1.165) is 58.2 Å². The number of hydrogen-bond donors (Lipinski definition) is 1. The van der Waals surface area contributed by atoms with Crippen LogP contribution in [0.4, 0.5) is 0 Å². The Kier molecular flexibility index (Phi) is 4.48. The lowest BCUT2D eigenvalue weighted by atomic mass is 10.1. The Morgan fingerprint density at radius 3 is 2.33 bits per heavy atom. The van der Waals surface area contributed by atoms with Gasteiger partial charge in [-0.25, -0.2) is 0 Å². The van der Waals surface area contributed by atoms with E-state index in [2.05, 4.69) is 10.2 Å². The highest BCUT2D eigenvalue weighted by atomic mass is 16.2. The second-order valence-electron chi connectivity index (χ2n) is 6.68. The van der Waals surface area contributed by atoms with Crippen LogP contribution in [0, 0.1) is 5.92 Å². The van der Waals surface area contributed by atoms with E-state index in [4.69, 9.17) is 0 Å². The number of likely N-dealkylation sites (tertiary alicyclic amines) is 2. The van der Waals surface area contributed by atoms with Gasteiger partial charge in [-0.1, -0.05) is 0 Å². The van der Waals surface area contributed by atoms with Gasteiger partial charge in [-0.15, -0.1) is 0 Å². The molecule has 2 unspecified atom stereocenters. The molecule has 3 aliphatic rings. The molecule has 1 saturated carbocycles. The highest BCUT2D eigenvalue weighted by molar-refractivity contribution is 5.86. The van der Waals surface area contributed by atoms with Gasteiger partial charge in [0.25, 0.3) is 0 Å². The quantitative estimate of drug-likeness (QED) is 0.841. The number of carbonyl (C=O) groups excluding carboxylic acids is 2. The van der Waals surface area contributed by atoms with Gasteiger partial charge in [-0.3, -0.25) is 14.5 Å². The van der Waals surface area contributed by atoms with E-state index >= 15 is 0 Å². The number of hydrogen-bond acceptors (Lipinski definition) is 3. The summed E-state index contributed by atoms with van der Waals surface area (Å²) >= 11 is 0. The summed E-state index contributed by atoms with van der Waals surface area (Å²) < 4.78 is 0. The molecule has 3 fully saturated rings. The number of likely N-dealkylation sites (N-methyl/N-ethyl adjacent to an activating group) is 1. The van der Waals surface area contributed by atoms with Crippen molar-refractivity contribution in [3.8, 4) is 0 Å². The van der Waals surface area contributed by atoms with E-state index in [1.807, 2.05) is 4.90 Å². The van der Waals surface area contributed by atoms with E-state index in [0.29, 0.717) is 5.92 Å². The van der Waals surface area contributed by atoms with E-state index < -0.39 is 0 Å². The molecule has 5 nitrogen and oxygen atoms in total. The second-order valence-corrected chi connectivity index (χ2v) is 6.68. The minimum atomic E-state index is -0.0868. The third-order valence-electron chi connectivity index (χ3n) is 5.19. The van der Waals surface area contributed by atoms with Crippen LogP contribution in [0.2, 0.25) is 0 Å². The molecule has 1 N–H and O–H groups in total.